The Hall–Kier alpha value is -1.45. The van der Waals surface area contributed by atoms with Gasteiger partial charge in [0.05, 0.1) is 6.61 Å². The first-order chi connectivity index (χ1) is 6.24. The highest BCUT2D eigenvalue weighted by molar-refractivity contribution is 5.78. The molecule has 4 nitrogen and oxygen atoms in total. The summed E-state index contributed by atoms with van der Waals surface area (Å²) in [4.78, 5) is 18.6. The largest absolute Gasteiger partial charge is 0.478 e. The van der Waals surface area contributed by atoms with Gasteiger partial charge in [0.15, 0.2) is 0 Å². The summed E-state index contributed by atoms with van der Waals surface area (Å²) in [5.74, 6) is 0.587. The lowest BCUT2D eigenvalue weighted by Crippen LogP contribution is -2.03. The second kappa shape index (κ2) is 4.54. The molecule has 0 aliphatic rings. The van der Waals surface area contributed by atoms with E-state index in [9.17, 15) is 4.79 Å². The topological polar surface area (TPSA) is 52.1 Å². The highest BCUT2D eigenvalue weighted by Gasteiger charge is 2.06. The summed E-state index contributed by atoms with van der Waals surface area (Å²) in [6, 6.07) is 0. The van der Waals surface area contributed by atoms with Crippen LogP contribution in [-0.4, -0.2) is 22.4 Å². The van der Waals surface area contributed by atoms with Crippen LogP contribution in [0.4, 0.5) is 0 Å². The third kappa shape index (κ3) is 2.82. The van der Waals surface area contributed by atoms with E-state index in [0.29, 0.717) is 18.9 Å². The van der Waals surface area contributed by atoms with Crippen LogP contribution >= 0.6 is 0 Å². The first kappa shape index (κ1) is 9.64. The lowest BCUT2D eigenvalue weighted by molar-refractivity contribution is -0.116. The third-order valence-corrected chi connectivity index (χ3v) is 1.47. The average Bonchev–Trinajstić information content (AvgIpc) is 2.08. The molecule has 0 saturated carbocycles. The molecule has 4 heteroatoms. The molecule has 70 valence electrons. The molecule has 0 aliphatic carbocycles. The van der Waals surface area contributed by atoms with Crippen molar-refractivity contribution in [3.63, 3.8) is 0 Å². The Morgan fingerprint density at radius 1 is 1.62 bits per heavy atom. The van der Waals surface area contributed by atoms with Gasteiger partial charge in [-0.25, -0.2) is 9.97 Å². The van der Waals surface area contributed by atoms with Crippen LogP contribution in [0.3, 0.4) is 0 Å². The standard InChI is InChI=1S/C9H12N2O2/c1-3-13-9-8(4-7(2)12)5-10-6-11-9/h5-6H,3-4H2,1-2H3. The van der Waals surface area contributed by atoms with Gasteiger partial charge in [0.2, 0.25) is 5.88 Å². The van der Waals surface area contributed by atoms with Crippen molar-refractivity contribution in [1.82, 2.24) is 9.97 Å². The Morgan fingerprint density at radius 3 is 3.00 bits per heavy atom. The van der Waals surface area contributed by atoms with Crippen LogP contribution in [0, 0.1) is 0 Å². The second-order valence-corrected chi connectivity index (χ2v) is 2.66. The minimum absolute atomic E-state index is 0.0794. The van der Waals surface area contributed by atoms with Crippen molar-refractivity contribution >= 4 is 5.78 Å². The predicted octanol–water partition coefficient (Wildman–Crippen LogP) is 1.01. The molecule has 0 atom stereocenters. The highest BCUT2D eigenvalue weighted by Crippen LogP contribution is 2.13. The fourth-order valence-corrected chi connectivity index (χ4v) is 1.00. The average molecular weight is 180 g/mol. The first-order valence-electron chi connectivity index (χ1n) is 4.15. The van der Waals surface area contributed by atoms with Crippen molar-refractivity contribution in [2.45, 2.75) is 20.3 Å². The molecule has 0 N–H and O–H groups in total. The van der Waals surface area contributed by atoms with Crippen molar-refractivity contribution in [3.8, 4) is 5.88 Å². The van der Waals surface area contributed by atoms with E-state index >= 15 is 0 Å². The van der Waals surface area contributed by atoms with Gasteiger partial charge in [-0.1, -0.05) is 0 Å². The summed E-state index contributed by atoms with van der Waals surface area (Å²) in [6.45, 7) is 3.95. The van der Waals surface area contributed by atoms with Gasteiger partial charge in [0.25, 0.3) is 0 Å². The third-order valence-electron chi connectivity index (χ3n) is 1.47. The van der Waals surface area contributed by atoms with Gasteiger partial charge in [-0.2, -0.15) is 0 Å². The van der Waals surface area contributed by atoms with Gasteiger partial charge in [0.1, 0.15) is 12.1 Å². The van der Waals surface area contributed by atoms with E-state index in [2.05, 4.69) is 9.97 Å². The van der Waals surface area contributed by atoms with Gasteiger partial charge in [0, 0.05) is 18.2 Å². The summed E-state index contributed by atoms with van der Waals surface area (Å²) in [6.07, 6.45) is 3.35. The van der Waals surface area contributed by atoms with Crippen molar-refractivity contribution in [3.05, 3.63) is 18.1 Å². The van der Waals surface area contributed by atoms with Gasteiger partial charge in [-0.05, 0) is 13.8 Å². The number of ether oxygens (including phenoxy) is 1. The van der Waals surface area contributed by atoms with Crippen LogP contribution < -0.4 is 4.74 Å². The molecule has 0 fully saturated rings. The number of hydrogen-bond donors (Lipinski definition) is 0. The van der Waals surface area contributed by atoms with Crippen LogP contribution in [0.5, 0.6) is 5.88 Å². The van der Waals surface area contributed by atoms with Crippen molar-refractivity contribution < 1.29 is 9.53 Å². The van der Waals surface area contributed by atoms with Crippen LogP contribution in [-0.2, 0) is 11.2 Å². The van der Waals surface area contributed by atoms with Gasteiger partial charge in [-0.3, -0.25) is 4.79 Å². The zero-order chi connectivity index (χ0) is 9.68. The molecule has 0 aromatic carbocycles. The maximum absolute atomic E-state index is 10.9. The molecular weight excluding hydrogens is 168 g/mol. The Kier molecular flexibility index (Phi) is 3.37. The number of ketones is 1. The maximum Gasteiger partial charge on any atom is 0.220 e. The number of aromatic nitrogens is 2. The molecule has 0 unspecified atom stereocenters. The molecule has 0 saturated heterocycles. The van der Waals surface area contributed by atoms with Crippen molar-refractivity contribution in [2.75, 3.05) is 6.61 Å². The Morgan fingerprint density at radius 2 is 2.38 bits per heavy atom. The van der Waals surface area contributed by atoms with Crippen LogP contribution in [0.15, 0.2) is 12.5 Å². The van der Waals surface area contributed by atoms with E-state index in [4.69, 9.17) is 4.74 Å². The van der Waals surface area contributed by atoms with Crippen molar-refractivity contribution in [1.29, 1.82) is 0 Å². The summed E-state index contributed by atoms with van der Waals surface area (Å²) in [5, 5.41) is 0. The number of carbonyl (C=O) groups is 1. The molecule has 1 aromatic rings. The predicted molar refractivity (Wildman–Crippen MR) is 47.6 cm³/mol. The fraction of sp³-hybridized carbons (Fsp3) is 0.444. The summed E-state index contributed by atoms with van der Waals surface area (Å²) < 4.78 is 5.23. The van der Waals surface area contributed by atoms with E-state index in [1.165, 1.54) is 13.3 Å². The zero-order valence-corrected chi connectivity index (χ0v) is 7.78. The molecule has 0 spiro atoms. The number of nitrogens with zero attached hydrogens (tertiary/aromatic N) is 2. The molecule has 13 heavy (non-hydrogen) atoms. The lowest BCUT2D eigenvalue weighted by atomic mass is 10.2. The monoisotopic (exact) mass is 180 g/mol. The smallest absolute Gasteiger partial charge is 0.220 e. The van der Waals surface area contributed by atoms with E-state index in [1.807, 2.05) is 6.92 Å². The molecule has 1 rings (SSSR count). The summed E-state index contributed by atoms with van der Waals surface area (Å²) >= 11 is 0. The molecule has 1 aromatic heterocycles. The van der Waals surface area contributed by atoms with Gasteiger partial charge in [-0.15, -0.1) is 0 Å². The summed E-state index contributed by atoms with van der Waals surface area (Å²) in [7, 11) is 0. The normalized spacial score (nSPS) is 9.69. The molecule has 0 aliphatic heterocycles. The minimum atomic E-state index is 0.0794. The quantitative estimate of drug-likeness (QED) is 0.693. The molecule has 0 radical (unpaired) electrons. The molecule has 1 heterocycles. The maximum atomic E-state index is 10.9. The second-order valence-electron chi connectivity index (χ2n) is 2.66. The van der Waals surface area contributed by atoms with E-state index in [0.717, 1.165) is 5.56 Å². The van der Waals surface area contributed by atoms with E-state index < -0.39 is 0 Å². The van der Waals surface area contributed by atoms with Crippen molar-refractivity contribution in [2.24, 2.45) is 0 Å². The lowest BCUT2D eigenvalue weighted by Gasteiger charge is -2.05. The highest BCUT2D eigenvalue weighted by atomic mass is 16.5. The first-order valence-corrected chi connectivity index (χ1v) is 4.15. The van der Waals surface area contributed by atoms with E-state index in [1.54, 1.807) is 6.20 Å². The number of rotatable bonds is 4. The zero-order valence-electron chi connectivity index (χ0n) is 7.78. The minimum Gasteiger partial charge on any atom is -0.478 e. The van der Waals surface area contributed by atoms with Gasteiger partial charge >= 0.3 is 0 Å². The number of hydrogen-bond acceptors (Lipinski definition) is 4. The SMILES string of the molecule is CCOc1ncncc1CC(C)=O. The molecular formula is C9H12N2O2. The number of Topliss-reactive ketones (excluding diaryl/α,β-unsaturated/α-hetero) is 1. The van der Waals surface area contributed by atoms with Crippen LogP contribution in [0.2, 0.25) is 0 Å². The fourth-order valence-electron chi connectivity index (χ4n) is 1.00. The van der Waals surface area contributed by atoms with Crippen LogP contribution in [0.1, 0.15) is 19.4 Å². The Bertz CT molecular complexity index is 299. The number of carbonyl (C=O) groups excluding carboxylic acids is 1. The molecule has 0 bridgehead atoms. The molecule has 0 amide bonds. The van der Waals surface area contributed by atoms with Crippen LogP contribution in [0.25, 0.3) is 0 Å². The summed E-state index contributed by atoms with van der Waals surface area (Å²) in [5.41, 5.74) is 0.747. The Balaban J connectivity index is 2.84. The van der Waals surface area contributed by atoms with E-state index in [-0.39, 0.29) is 5.78 Å². The van der Waals surface area contributed by atoms with Gasteiger partial charge < -0.3 is 4.74 Å². The Labute approximate surface area is 77.0 Å².